The SMILES string of the molecule is [2H]C([2H])([2H])c1ccc(-c2[c-]cccc2)nc1.[Ir].[c-]1sc2ccc(-c3ccc4oc5ccccc5c4c3)cc2c1-c1nc2ccccc2n1-c1ccc(-c2ccccc2)cc1. The summed E-state index contributed by atoms with van der Waals surface area (Å²) in [7, 11) is 0. The molecule has 0 saturated carbocycles. The molecule has 6 heteroatoms. The quantitative estimate of drug-likeness (QED) is 0.162. The van der Waals surface area contributed by atoms with Gasteiger partial charge in [-0.25, -0.2) is 0 Å². The number of rotatable bonds is 5. The molecule has 0 fully saturated rings. The number of thiophene rings is 1. The van der Waals surface area contributed by atoms with Crippen LogP contribution in [0.25, 0.3) is 93.6 Å². The van der Waals surface area contributed by atoms with Gasteiger partial charge in [0.2, 0.25) is 0 Å². The average Bonchev–Trinajstić information content (AvgIpc) is 4.00. The van der Waals surface area contributed by atoms with Crippen molar-refractivity contribution in [2.24, 2.45) is 0 Å². The normalized spacial score (nSPS) is 12.1. The Kier molecular flexibility index (Phi) is 8.97. The minimum Gasteiger partial charge on any atom is -0.456 e. The third kappa shape index (κ3) is 7.00. The van der Waals surface area contributed by atoms with Crippen LogP contribution in [-0.4, -0.2) is 14.5 Å². The maximum absolute atomic E-state index is 7.23. The van der Waals surface area contributed by atoms with E-state index in [-0.39, 0.29) is 25.7 Å². The fourth-order valence-electron chi connectivity index (χ4n) is 7.22. The Morgan fingerprint density at radius 1 is 0.632 bits per heavy atom. The van der Waals surface area contributed by atoms with E-state index in [0.717, 1.165) is 77.8 Å². The zero-order valence-corrected chi connectivity index (χ0v) is 33.5. The summed E-state index contributed by atoms with van der Waals surface area (Å²) in [6.07, 6.45) is 1.39. The van der Waals surface area contributed by atoms with E-state index in [1.165, 1.54) is 22.0 Å². The van der Waals surface area contributed by atoms with Crippen LogP contribution in [0.1, 0.15) is 9.68 Å². The van der Waals surface area contributed by atoms with Crippen molar-refractivity contribution in [2.75, 3.05) is 0 Å². The number of hydrogen-bond acceptors (Lipinski definition) is 4. The molecule has 0 bridgehead atoms. The van der Waals surface area contributed by atoms with Gasteiger partial charge in [-0.1, -0.05) is 125 Å². The summed E-state index contributed by atoms with van der Waals surface area (Å²) < 4.78 is 31.2. The maximum Gasteiger partial charge on any atom is 0.135 e. The summed E-state index contributed by atoms with van der Waals surface area (Å²) in [5, 5.41) is 7.03. The van der Waals surface area contributed by atoms with Gasteiger partial charge in [-0.05, 0) is 82.8 Å². The molecule has 57 heavy (non-hydrogen) atoms. The zero-order valence-electron chi connectivity index (χ0n) is 33.3. The second kappa shape index (κ2) is 15.6. The molecule has 1 radical (unpaired) electrons. The molecule has 7 aromatic carbocycles. The Morgan fingerprint density at radius 3 is 2.16 bits per heavy atom. The molecular formula is C51H33IrN3OS-2. The van der Waals surface area contributed by atoms with Gasteiger partial charge in [0.1, 0.15) is 11.2 Å². The first-order valence-corrected chi connectivity index (χ1v) is 19.1. The monoisotopic (exact) mass is 931 g/mol. The molecule has 11 rings (SSSR count). The number of furan rings is 1. The van der Waals surface area contributed by atoms with Crippen LogP contribution in [0.15, 0.2) is 187 Å². The number of hydrogen-bond donors (Lipinski definition) is 0. The first-order chi connectivity index (χ1) is 28.9. The number of benzene rings is 7. The Bertz CT molecular complexity index is 3250. The molecule has 11 aromatic rings. The predicted octanol–water partition coefficient (Wildman–Crippen LogP) is 13.8. The molecule has 275 valence electrons. The van der Waals surface area contributed by atoms with E-state index in [4.69, 9.17) is 13.5 Å². The van der Waals surface area contributed by atoms with E-state index < -0.39 is 6.85 Å². The molecule has 4 nitrogen and oxygen atoms in total. The second-order valence-electron chi connectivity index (χ2n) is 13.5. The van der Waals surface area contributed by atoms with Crippen LogP contribution in [0.4, 0.5) is 0 Å². The number of para-hydroxylation sites is 3. The fraction of sp³-hybridized carbons (Fsp3) is 0.0196. The van der Waals surface area contributed by atoms with Crippen molar-refractivity contribution in [2.45, 2.75) is 6.85 Å². The van der Waals surface area contributed by atoms with Gasteiger partial charge < -0.3 is 14.0 Å². The minimum absolute atomic E-state index is 0. The maximum atomic E-state index is 7.23. The first kappa shape index (κ1) is 32.8. The predicted molar refractivity (Wildman–Crippen MR) is 232 cm³/mol. The van der Waals surface area contributed by atoms with Crippen LogP contribution in [0.5, 0.6) is 0 Å². The Morgan fingerprint density at radius 2 is 1.35 bits per heavy atom. The summed E-state index contributed by atoms with van der Waals surface area (Å²) >= 11 is 1.64. The van der Waals surface area contributed by atoms with Gasteiger partial charge in [0, 0.05) is 46.9 Å². The largest absolute Gasteiger partial charge is 0.456 e. The molecule has 0 unspecified atom stereocenters. The molecule has 0 atom stereocenters. The molecule has 0 saturated heterocycles. The number of imidazole rings is 1. The molecular weight excluding hydrogens is 895 g/mol. The van der Waals surface area contributed by atoms with Gasteiger partial charge in [0.25, 0.3) is 0 Å². The van der Waals surface area contributed by atoms with Crippen molar-refractivity contribution >= 4 is 54.4 Å². The Hall–Kier alpha value is -6.43. The Labute approximate surface area is 352 Å². The van der Waals surface area contributed by atoms with Gasteiger partial charge in [0.05, 0.1) is 16.9 Å². The fourth-order valence-corrected chi connectivity index (χ4v) is 8.04. The topological polar surface area (TPSA) is 43.9 Å². The molecule has 4 aromatic heterocycles. The van der Waals surface area contributed by atoms with E-state index in [2.05, 4.69) is 136 Å². The summed E-state index contributed by atoms with van der Waals surface area (Å²) in [5.41, 5.74) is 12.5. The zero-order chi connectivity index (χ0) is 39.9. The van der Waals surface area contributed by atoms with Crippen LogP contribution in [0.2, 0.25) is 0 Å². The van der Waals surface area contributed by atoms with Gasteiger partial charge in [0.15, 0.2) is 0 Å². The summed E-state index contributed by atoms with van der Waals surface area (Å²) in [6, 6.07) is 62.7. The molecule has 4 heterocycles. The van der Waals surface area contributed by atoms with Crippen LogP contribution >= 0.6 is 11.3 Å². The van der Waals surface area contributed by atoms with E-state index in [1.807, 2.05) is 42.5 Å². The van der Waals surface area contributed by atoms with Crippen molar-refractivity contribution in [1.29, 1.82) is 0 Å². The smallest absolute Gasteiger partial charge is 0.135 e. The first-order valence-electron chi connectivity index (χ1n) is 19.8. The number of aromatic nitrogens is 3. The van der Waals surface area contributed by atoms with Gasteiger partial charge in [-0.15, -0.1) is 41.3 Å². The average molecular weight is 931 g/mol. The second-order valence-corrected chi connectivity index (χ2v) is 14.3. The van der Waals surface area contributed by atoms with Crippen LogP contribution in [-0.2, 0) is 20.1 Å². The third-order valence-corrected chi connectivity index (χ3v) is 10.9. The summed E-state index contributed by atoms with van der Waals surface area (Å²) in [5.74, 6) is 0.897. The summed E-state index contributed by atoms with van der Waals surface area (Å²) in [4.78, 5) is 9.28. The number of pyridine rings is 1. The van der Waals surface area contributed by atoms with Gasteiger partial charge in [-0.3, -0.25) is 16.3 Å². The van der Waals surface area contributed by atoms with E-state index in [1.54, 1.807) is 29.5 Å². The standard InChI is InChI=1S/C39H23N2OS.C12H10N.Ir/c1-2-8-25(9-3-1)26-14-18-29(19-15-26)41-35-12-6-5-11-34(35)40-39(41)33-24-43-38-21-17-28(23-32(33)38)27-16-20-37-31(22-27)30-10-4-7-13-36(30)42-37;1-10-7-8-12(13-9-10)11-5-3-2-4-6-11;/h1-23H;2-5,7-9H,1H3;/q2*-1;/i;1D3;. The number of aryl methyl sites for hydroxylation is 1. The molecule has 0 amide bonds. The van der Waals surface area contributed by atoms with Crippen molar-refractivity contribution in [1.82, 2.24) is 14.5 Å². The Balaban J connectivity index is 0.000000230. The van der Waals surface area contributed by atoms with E-state index in [0.29, 0.717) is 0 Å². The van der Waals surface area contributed by atoms with Crippen molar-refractivity contribution < 1.29 is 28.6 Å². The van der Waals surface area contributed by atoms with E-state index >= 15 is 0 Å². The van der Waals surface area contributed by atoms with Crippen molar-refractivity contribution in [3.8, 4) is 50.6 Å². The molecule has 0 spiro atoms. The van der Waals surface area contributed by atoms with E-state index in [9.17, 15) is 0 Å². The third-order valence-electron chi connectivity index (χ3n) is 9.99. The van der Waals surface area contributed by atoms with Crippen molar-refractivity contribution in [3.63, 3.8) is 0 Å². The van der Waals surface area contributed by atoms with Gasteiger partial charge >= 0.3 is 0 Å². The van der Waals surface area contributed by atoms with Crippen LogP contribution in [0.3, 0.4) is 0 Å². The molecule has 0 aliphatic heterocycles. The van der Waals surface area contributed by atoms with Crippen LogP contribution in [0, 0.1) is 18.3 Å². The molecule has 0 N–H and O–H groups in total. The minimum atomic E-state index is -2.09. The summed E-state index contributed by atoms with van der Waals surface area (Å²) in [6.45, 7) is -2.09. The van der Waals surface area contributed by atoms with Crippen LogP contribution < -0.4 is 0 Å². The number of fused-ring (bicyclic) bond motifs is 5. The number of nitrogens with zero attached hydrogens (tertiary/aromatic N) is 3. The molecule has 0 aliphatic carbocycles. The van der Waals surface area contributed by atoms with Gasteiger partial charge in [-0.2, -0.15) is 0 Å². The molecule has 0 aliphatic rings. The van der Waals surface area contributed by atoms with Crippen molar-refractivity contribution in [3.05, 3.63) is 199 Å².